The second kappa shape index (κ2) is 7.40. The van der Waals surface area contributed by atoms with Gasteiger partial charge in [-0.15, -0.1) is 0 Å². The normalized spacial score (nSPS) is 16.4. The third kappa shape index (κ3) is 3.77. The molecule has 1 fully saturated rings. The number of ether oxygens (including phenoxy) is 2. The molecule has 0 unspecified atom stereocenters. The highest BCUT2D eigenvalue weighted by atomic mass is 16.5. The van der Waals surface area contributed by atoms with E-state index in [1.54, 1.807) is 0 Å². The van der Waals surface area contributed by atoms with E-state index in [9.17, 15) is 4.79 Å². The zero-order chi connectivity index (χ0) is 17.9. The molecule has 0 amide bonds. The zero-order valence-corrected chi connectivity index (χ0v) is 15.3. The van der Waals surface area contributed by atoms with Gasteiger partial charge in [-0.3, -0.25) is 4.79 Å². The Morgan fingerprint density at radius 1 is 1.08 bits per heavy atom. The van der Waals surface area contributed by atoms with Gasteiger partial charge in [-0.05, 0) is 49.8 Å². The van der Waals surface area contributed by atoms with Crippen LogP contribution in [0.4, 0.5) is 0 Å². The van der Waals surface area contributed by atoms with Crippen molar-refractivity contribution >= 4 is 5.97 Å². The van der Waals surface area contributed by atoms with Gasteiger partial charge in [-0.2, -0.15) is 0 Å². The highest BCUT2D eigenvalue weighted by Crippen LogP contribution is 2.38. The van der Waals surface area contributed by atoms with Crippen LogP contribution in [0.15, 0.2) is 42.5 Å². The molecular formula is C22H26O3. The zero-order valence-electron chi connectivity index (χ0n) is 15.3. The van der Waals surface area contributed by atoms with Gasteiger partial charge in [0.25, 0.3) is 0 Å². The van der Waals surface area contributed by atoms with Gasteiger partial charge in [0.15, 0.2) is 0 Å². The summed E-state index contributed by atoms with van der Waals surface area (Å²) >= 11 is 0. The molecule has 0 saturated carbocycles. The Bertz CT molecular complexity index is 737. The summed E-state index contributed by atoms with van der Waals surface area (Å²) in [7, 11) is 1.48. The monoisotopic (exact) mass is 338 g/mol. The number of hydrogen-bond acceptors (Lipinski definition) is 3. The first-order chi connectivity index (χ1) is 12.0. The number of aryl methyl sites for hydroxylation is 2. The topological polar surface area (TPSA) is 35.5 Å². The van der Waals surface area contributed by atoms with E-state index in [4.69, 9.17) is 9.47 Å². The summed E-state index contributed by atoms with van der Waals surface area (Å²) in [5, 5.41) is 0. The maximum atomic E-state index is 12.6. The first-order valence-electron chi connectivity index (χ1n) is 8.87. The van der Waals surface area contributed by atoms with E-state index in [-0.39, 0.29) is 5.97 Å². The number of hydrogen-bond donors (Lipinski definition) is 0. The lowest BCUT2D eigenvalue weighted by Gasteiger charge is -2.35. The van der Waals surface area contributed by atoms with Crippen LogP contribution in [0.2, 0.25) is 0 Å². The lowest BCUT2D eigenvalue weighted by atomic mass is 9.74. The Kier molecular flexibility index (Phi) is 5.24. The first kappa shape index (κ1) is 17.7. The number of rotatable bonds is 4. The van der Waals surface area contributed by atoms with E-state index in [1.807, 2.05) is 6.07 Å². The van der Waals surface area contributed by atoms with Crippen LogP contribution in [0, 0.1) is 19.3 Å². The third-order valence-corrected chi connectivity index (χ3v) is 5.15. The van der Waals surface area contributed by atoms with Gasteiger partial charge >= 0.3 is 5.97 Å². The Hall–Kier alpha value is -2.13. The molecular weight excluding hydrogens is 312 g/mol. The highest BCUT2D eigenvalue weighted by molar-refractivity contribution is 5.78. The number of esters is 1. The van der Waals surface area contributed by atoms with Crippen LogP contribution in [0.1, 0.15) is 29.5 Å². The Labute approximate surface area is 150 Å². The first-order valence-corrected chi connectivity index (χ1v) is 8.87. The smallest absolute Gasteiger partial charge is 0.312 e. The maximum Gasteiger partial charge on any atom is 0.312 e. The maximum absolute atomic E-state index is 12.6. The van der Waals surface area contributed by atoms with Crippen molar-refractivity contribution in [2.24, 2.45) is 5.41 Å². The van der Waals surface area contributed by atoms with Crippen LogP contribution in [-0.4, -0.2) is 26.3 Å². The largest absolute Gasteiger partial charge is 0.469 e. The average Bonchev–Trinajstić information content (AvgIpc) is 2.61. The molecule has 3 nitrogen and oxygen atoms in total. The molecule has 132 valence electrons. The van der Waals surface area contributed by atoms with Crippen molar-refractivity contribution in [1.29, 1.82) is 0 Å². The standard InChI is InChI=1S/C22H26O3/c1-16-12-17(2)14-19(13-16)20-7-5-4-6-18(20)15-22(21(23)24-3)8-10-25-11-9-22/h4-7,12-14H,8-11,15H2,1-3H3. The van der Waals surface area contributed by atoms with Gasteiger partial charge in [-0.25, -0.2) is 0 Å². The summed E-state index contributed by atoms with van der Waals surface area (Å²) in [6.45, 7) is 5.46. The number of benzene rings is 2. The summed E-state index contributed by atoms with van der Waals surface area (Å²) in [6.07, 6.45) is 2.11. The molecule has 0 bridgehead atoms. The van der Waals surface area contributed by atoms with Crippen molar-refractivity contribution in [2.75, 3.05) is 20.3 Å². The SMILES string of the molecule is COC(=O)C1(Cc2ccccc2-c2cc(C)cc(C)c2)CCOCC1. The van der Waals surface area contributed by atoms with Crippen molar-refractivity contribution < 1.29 is 14.3 Å². The fourth-order valence-electron chi connectivity index (χ4n) is 3.88. The molecule has 3 rings (SSSR count). The highest BCUT2D eigenvalue weighted by Gasteiger charge is 2.41. The van der Waals surface area contributed by atoms with E-state index in [2.05, 4.69) is 50.2 Å². The summed E-state index contributed by atoms with van der Waals surface area (Å²) in [5.41, 5.74) is 5.61. The molecule has 3 heteroatoms. The van der Waals surface area contributed by atoms with Gasteiger partial charge in [0, 0.05) is 13.2 Å². The molecule has 0 N–H and O–H groups in total. The molecule has 1 saturated heterocycles. The summed E-state index contributed by atoms with van der Waals surface area (Å²) in [4.78, 5) is 12.6. The van der Waals surface area contributed by atoms with Crippen LogP contribution < -0.4 is 0 Å². The quantitative estimate of drug-likeness (QED) is 0.771. The molecule has 2 aromatic rings. The van der Waals surface area contributed by atoms with Gasteiger partial charge in [0.1, 0.15) is 0 Å². The minimum atomic E-state index is -0.484. The van der Waals surface area contributed by atoms with Gasteiger partial charge in [0.2, 0.25) is 0 Å². The number of carbonyl (C=O) groups excluding carboxylic acids is 1. The molecule has 0 aromatic heterocycles. The minimum Gasteiger partial charge on any atom is -0.469 e. The van der Waals surface area contributed by atoms with E-state index in [1.165, 1.54) is 34.9 Å². The Morgan fingerprint density at radius 3 is 2.36 bits per heavy atom. The lowest BCUT2D eigenvalue weighted by Crippen LogP contribution is -2.40. The molecule has 0 spiro atoms. The minimum absolute atomic E-state index is 0.119. The number of carbonyl (C=O) groups is 1. The van der Waals surface area contributed by atoms with Crippen LogP contribution in [0.5, 0.6) is 0 Å². The molecule has 0 aliphatic carbocycles. The van der Waals surface area contributed by atoms with Crippen molar-refractivity contribution in [2.45, 2.75) is 33.1 Å². The Balaban J connectivity index is 2.01. The predicted molar refractivity (Wildman–Crippen MR) is 99.6 cm³/mol. The van der Waals surface area contributed by atoms with Gasteiger partial charge in [-0.1, -0.05) is 53.6 Å². The second-order valence-electron chi connectivity index (χ2n) is 7.09. The lowest BCUT2D eigenvalue weighted by molar-refractivity contribution is -0.158. The van der Waals surface area contributed by atoms with Crippen LogP contribution in [0.25, 0.3) is 11.1 Å². The summed E-state index contributed by atoms with van der Waals surface area (Å²) < 4.78 is 10.7. The molecule has 25 heavy (non-hydrogen) atoms. The van der Waals surface area contributed by atoms with Crippen molar-refractivity contribution in [3.63, 3.8) is 0 Å². The fourth-order valence-corrected chi connectivity index (χ4v) is 3.88. The molecule has 2 aromatic carbocycles. The third-order valence-electron chi connectivity index (χ3n) is 5.15. The predicted octanol–water partition coefficient (Wildman–Crippen LogP) is 4.48. The van der Waals surface area contributed by atoms with E-state index < -0.39 is 5.41 Å². The van der Waals surface area contributed by atoms with Gasteiger partial charge < -0.3 is 9.47 Å². The van der Waals surface area contributed by atoms with E-state index in [0.29, 0.717) is 32.5 Å². The van der Waals surface area contributed by atoms with Crippen LogP contribution >= 0.6 is 0 Å². The summed E-state index contributed by atoms with van der Waals surface area (Å²) in [6, 6.07) is 15.0. The average molecular weight is 338 g/mol. The van der Waals surface area contributed by atoms with Gasteiger partial charge in [0.05, 0.1) is 12.5 Å². The van der Waals surface area contributed by atoms with Crippen molar-refractivity contribution in [3.8, 4) is 11.1 Å². The fraction of sp³-hybridized carbons (Fsp3) is 0.409. The van der Waals surface area contributed by atoms with Crippen LogP contribution in [-0.2, 0) is 20.7 Å². The van der Waals surface area contributed by atoms with E-state index >= 15 is 0 Å². The number of methoxy groups -OCH3 is 1. The molecule has 1 aliphatic rings. The Morgan fingerprint density at radius 2 is 1.72 bits per heavy atom. The second-order valence-corrected chi connectivity index (χ2v) is 7.09. The summed E-state index contributed by atoms with van der Waals surface area (Å²) in [5.74, 6) is -0.119. The van der Waals surface area contributed by atoms with Crippen LogP contribution in [0.3, 0.4) is 0 Å². The van der Waals surface area contributed by atoms with Crippen molar-refractivity contribution in [1.82, 2.24) is 0 Å². The molecule has 1 aliphatic heterocycles. The molecule has 0 radical (unpaired) electrons. The molecule has 0 atom stereocenters. The van der Waals surface area contributed by atoms with Crippen molar-refractivity contribution in [3.05, 3.63) is 59.2 Å². The van der Waals surface area contributed by atoms with E-state index in [0.717, 1.165) is 0 Å². The molecule has 1 heterocycles.